The minimum absolute atomic E-state index is 0.143. The quantitative estimate of drug-likeness (QED) is 0.489. The van der Waals surface area contributed by atoms with Crippen LogP contribution in [-0.4, -0.2) is 11.0 Å². The first-order chi connectivity index (χ1) is 12.6. The number of rotatable bonds is 4. The van der Waals surface area contributed by atoms with E-state index in [4.69, 9.17) is 0 Å². The molecule has 0 aliphatic carbocycles. The average molecular weight is 347 g/mol. The molecule has 5 nitrogen and oxygen atoms in total. The lowest BCUT2D eigenvalue weighted by Crippen LogP contribution is -2.14. The number of hydrogen-bond acceptors (Lipinski definition) is 4. The molecule has 1 amide bonds. The van der Waals surface area contributed by atoms with Crippen LogP contribution in [0.5, 0.6) is 5.75 Å². The second-order valence-corrected chi connectivity index (χ2v) is 5.45. The fourth-order valence-corrected chi connectivity index (χ4v) is 2.45. The molecule has 0 saturated carbocycles. The molecule has 3 aromatic carbocycles. The van der Waals surface area contributed by atoms with E-state index in [0.717, 1.165) is 5.39 Å². The summed E-state index contributed by atoms with van der Waals surface area (Å²) in [6.07, 6.45) is 1.29. The monoisotopic (exact) mass is 347 g/mol. The molecular weight excluding hydrogens is 333 g/mol. The molecule has 128 valence electrons. The molecular formula is C20H14FN3O2. The third-order valence-corrected chi connectivity index (χ3v) is 3.74. The molecule has 0 radical (unpaired) electrons. The Morgan fingerprint density at radius 3 is 2.46 bits per heavy atom. The lowest BCUT2D eigenvalue weighted by Gasteiger charge is -2.08. The van der Waals surface area contributed by atoms with E-state index < -0.39 is 11.7 Å². The van der Waals surface area contributed by atoms with Gasteiger partial charge < -0.3 is 15.7 Å². The number of fused-ring (bicyclic) bond motifs is 1. The fourth-order valence-electron chi connectivity index (χ4n) is 2.45. The van der Waals surface area contributed by atoms with Crippen LogP contribution in [-0.2, 0) is 4.79 Å². The summed E-state index contributed by atoms with van der Waals surface area (Å²) in [5, 5.41) is 26.0. The van der Waals surface area contributed by atoms with Crippen molar-refractivity contribution in [3.8, 4) is 11.8 Å². The second-order valence-electron chi connectivity index (χ2n) is 5.45. The van der Waals surface area contributed by atoms with Gasteiger partial charge in [-0.15, -0.1) is 0 Å². The number of nitriles is 1. The average Bonchev–Trinajstić information content (AvgIpc) is 2.65. The van der Waals surface area contributed by atoms with Gasteiger partial charge >= 0.3 is 0 Å². The number of phenolic OH excluding ortho intramolecular Hbond substituents is 1. The van der Waals surface area contributed by atoms with Crippen molar-refractivity contribution in [2.24, 2.45) is 0 Å². The van der Waals surface area contributed by atoms with Crippen molar-refractivity contribution in [3.63, 3.8) is 0 Å². The highest BCUT2D eigenvalue weighted by Gasteiger charge is 2.10. The topological polar surface area (TPSA) is 85.2 Å². The van der Waals surface area contributed by atoms with Crippen molar-refractivity contribution < 1.29 is 14.3 Å². The molecule has 0 heterocycles. The van der Waals surface area contributed by atoms with E-state index in [9.17, 15) is 19.6 Å². The van der Waals surface area contributed by atoms with Gasteiger partial charge in [-0.1, -0.05) is 24.3 Å². The van der Waals surface area contributed by atoms with Crippen molar-refractivity contribution in [1.29, 1.82) is 5.26 Å². The van der Waals surface area contributed by atoms with Crippen molar-refractivity contribution in [2.75, 3.05) is 10.6 Å². The minimum Gasteiger partial charge on any atom is -0.507 e. The number of carbonyl (C=O) groups excluding carboxylic acids is 1. The van der Waals surface area contributed by atoms with Crippen LogP contribution in [0.3, 0.4) is 0 Å². The molecule has 3 N–H and O–H groups in total. The predicted molar refractivity (Wildman–Crippen MR) is 98.0 cm³/mol. The zero-order chi connectivity index (χ0) is 18.5. The molecule has 0 aromatic heterocycles. The molecule has 0 fully saturated rings. The molecule has 6 heteroatoms. The van der Waals surface area contributed by atoms with Crippen LogP contribution in [0.2, 0.25) is 0 Å². The largest absolute Gasteiger partial charge is 0.507 e. The van der Waals surface area contributed by atoms with E-state index in [1.165, 1.54) is 30.5 Å². The molecule has 0 saturated heterocycles. The van der Waals surface area contributed by atoms with Gasteiger partial charge in [-0.25, -0.2) is 4.39 Å². The smallest absolute Gasteiger partial charge is 0.267 e. The highest BCUT2D eigenvalue weighted by Crippen LogP contribution is 2.29. The summed E-state index contributed by atoms with van der Waals surface area (Å²) in [5.41, 5.74) is 0.875. The number of nitrogens with zero attached hydrogens (tertiary/aromatic N) is 1. The molecule has 3 aromatic rings. The van der Waals surface area contributed by atoms with Gasteiger partial charge in [-0.2, -0.15) is 5.26 Å². The van der Waals surface area contributed by atoms with Gasteiger partial charge in [0.15, 0.2) is 0 Å². The van der Waals surface area contributed by atoms with Gasteiger partial charge in [0.1, 0.15) is 23.2 Å². The highest BCUT2D eigenvalue weighted by atomic mass is 19.1. The first-order valence-corrected chi connectivity index (χ1v) is 7.73. The summed E-state index contributed by atoms with van der Waals surface area (Å²) in [7, 11) is 0. The molecule has 0 spiro atoms. The Bertz CT molecular complexity index is 1040. The van der Waals surface area contributed by atoms with E-state index in [-0.39, 0.29) is 11.3 Å². The third-order valence-electron chi connectivity index (χ3n) is 3.74. The Kier molecular flexibility index (Phi) is 4.81. The van der Waals surface area contributed by atoms with Gasteiger partial charge in [0.2, 0.25) is 0 Å². The summed E-state index contributed by atoms with van der Waals surface area (Å²) in [5.74, 6) is -0.890. The molecule has 0 atom stereocenters. The maximum atomic E-state index is 12.9. The van der Waals surface area contributed by atoms with Crippen LogP contribution in [0.1, 0.15) is 0 Å². The van der Waals surface area contributed by atoms with Crippen molar-refractivity contribution >= 4 is 28.1 Å². The van der Waals surface area contributed by atoms with Gasteiger partial charge in [-0.3, -0.25) is 4.79 Å². The van der Waals surface area contributed by atoms with Crippen LogP contribution in [0.25, 0.3) is 10.8 Å². The van der Waals surface area contributed by atoms with Crippen molar-refractivity contribution in [3.05, 3.63) is 78.3 Å². The van der Waals surface area contributed by atoms with Crippen LogP contribution in [0.15, 0.2) is 72.4 Å². The van der Waals surface area contributed by atoms with Crippen molar-refractivity contribution in [1.82, 2.24) is 0 Å². The molecule has 26 heavy (non-hydrogen) atoms. The Hall–Kier alpha value is -3.85. The second kappa shape index (κ2) is 7.36. The molecule has 0 bridgehead atoms. The maximum Gasteiger partial charge on any atom is 0.267 e. The summed E-state index contributed by atoms with van der Waals surface area (Å²) < 4.78 is 12.9. The normalized spacial score (nSPS) is 11.0. The molecule has 0 aliphatic rings. The molecule has 0 aliphatic heterocycles. The number of amides is 1. The number of hydrogen-bond donors (Lipinski definition) is 3. The highest BCUT2D eigenvalue weighted by molar-refractivity contribution is 6.07. The minimum atomic E-state index is -0.616. The van der Waals surface area contributed by atoms with Crippen LogP contribution >= 0.6 is 0 Å². The first-order valence-electron chi connectivity index (χ1n) is 7.73. The maximum absolute atomic E-state index is 12.9. The summed E-state index contributed by atoms with van der Waals surface area (Å²) in [4.78, 5) is 12.2. The molecule has 0 unspecified atom stereocenters. The zero-order valence-corrected chi connectivity index (χ0v) is 13.5. The first kappa shape index (κ1) is 17.0. The number of aromatic hydroxyl groups is 1. The Morgan fingerprint density at radius 2 is 1.73 bits per heavy atom. The van der Waals surface area contributed by atoms with E-state index in [1.807, 2.05) is 12.1 Å². The number of nitrogens with one attached hydrogen (secondary N) is 2. The summed E-state index contributed by atoms with van der Waals surface area (Å²) in [6.45, 7) is 0. The predicted octanol–water partition coefficient (Wildman–Crippen LogP) is 4.14. The van der Waals surface area contributed by atoms with Crippen LogP contribution < -0.4 is 10.6 Å². The summed E-state index contributed by atoms with van der Waals surface area (Å²) in [6, 6.07) is 17.5. The van der Waals surface area contributed by atoms with Gasteiger partial charge in [0, 0.05) is 28.3 Å². The fraction of sp³-hybridized carbons (Fsp3) is 0. The third kappa shape index (κ3) is 3.62. The Balaban J connectivity index is 1.82. The number of carbonyl (C=O) groups is 1. The lowest BCUT2D eigenvalue weighted by molar-refractivity contribution is -0.112. The Morgan fingerprint density at radius 1 is 1.04 bits per heavy atom. The van der Waals surface area contributed by atoms with Gasteiger partial charge in [0.05, 0.1) is 0 Å². The van der Waals surface area contributed by atoms with Gasteiger partial charge in [0.25, 0.3) is 5.91 Å². The number of phenols is 1. The molecule has 3 rings (SSSR count). The van der Waals surface area contributed by atoms with Crippen molar-refractivity contribution in [2.45, 2.75) is 0 Å². The van der Waals surface area contributed by atoms with E-state index >= 15 is 0 Å². The lowest BCUT2D eigenvalue weighted by atomic mass is 10.1. The van der Waals surface area contributed by atoms with E-state index in [0.29, 0.717) is 16.8 Å². The van der Waals surface area contributed by atoms with Crippen LogP contribution in [0, 0.1) is 17.1 Å². The Labute approximate surface area is 149 Å². The van der Waals surface area contributed by atoms with Crippen LogP contribution in [0.4, 0.5) is 15.8 Å². The zero-order valence-electron chi connectivity index (χ0n) is 13.5. The van der Waals surface area contributed by atoms with Gasteiger partial charge in [-0.05, 0) is 36.4 Å². The number of benzene rings is 3. The number of anilines is 2. The van der Waals surface area contributed by atoms with E-state index in [2.05, 4.69) is 10.6 Å². The summed E-state index contributed by atoms with van der Waals surface area (Å²) >= 11 is 0. The SMILES string of the molecule is N#C/C(=C/Nc1cccc2c(O)cccc12)C(=O)Nc1ccc(F)cc1. The standard InChI is InChI=1S/C20H14FN3O2/c21-14-7-9-15(10-8-14)24-20(26)13(11-22)12-23-18-5-1-4-17-16(18)3-2-6-19(17)25/h1-10,12,23,25H,(H,24,26)/b13-12-. The number of halogens is 1. The van der Waals surface area contributed by atoms with E-state index in [1.54, 1.807) is 30.3 Å².